The molecule has 0 spiro atoms. The predicted octanol–water partition coefficient (Wildman–Crippen LogP) is 5.31. The first kappa shape index (κ1) is 22.5. The summed E-state index contributed by atoms with van der Waals surface area (Å²) in [4.78, 5) is 0.222. The van der Waals surface area contributed by atoms with E-state index in [2.05, 4.69) is 44.0 Å². The van der Waals surface area contributed by atoms with Gasteiger partial charge in [-0.2, -0.15) is 4.31 Å². The number of hydrogen-bond donors (Lipinski definition) is 1. The Morgan fingerprint density at radius 2 is 1.45 bits per heavy atom. The fourth-order valence-electron chi connectivity index (χ4n) is 3.80. The van der Waals surface area contributed by atoms with Gasteiger partial charge < -0.3 is 9.67 Å². The average Bonchev–Trinajstić information content (AvgIpc) is 3.00. The molecule has 1 atom stereocenters. The van der Waals surface area contributed by atoms with Crippen LogP contribution in [0.3, 0.4) is 0 Å². The zero-order chi connectivity index (χ0) is 22.3. The molecule has 1 unspecified atom stereocenters. The Hall–Kier alpha value is -1.71. The van der Waals surface area contributed by atoms with Crippen LogP contribution in [0.15, 0.2) is 74.5 Å². The molecule has 1 aromatic heterocycles. The van der Waals surface area contributed by atoms with E-state index < -0.39 is 16.1 Å². The number of rotatable bonds is 6. The van der Waals surface area contributed by atoms with Crippen LogP contribution in [0.1, 0.15) is 5.56 Å². The average molecular weight is 566 g/mol. The van der Waals surface area contributed by atoms with Gasteiger partial charge in [0, 0.05) is 44.3 Å². The molecule has 8 heteroatoms. The molecule has 1 heterocycles. The summed E-state index contributed by atoms with van der Waals surface area (Å²) in [5.74, 6) is 0. The van der Waals surface area contributed by atoms with Crippen molar-refractivity contribution >= 4 is 63.7 Å². The summed E-state index contributed by atoms with van der Waals surface area (Å²) in [5.41, 5.74) is 2.96. The van der Waals surface area contributed by atoms with Gasteiger partial charge in [0.05, 0.1) is 17.5 Å². The molecule has 0 aliphatic heterocycles. The lowest BCUT2D eigenvalue weighted by Gasteiger charge is -2.22. The van der Waals surface area contributed by atoms with Crippen LogP contribution in [-0.4, -0.2) is 42.1 Å². The molecule has 0 saturated carbocycles. The highest BCUT2D eigenvalue weighted by molar-refractivity contribution is 9.10. The maximum atomic E-state index is 12.9. The Balaban J connectivity index is 1.64. The molecule has 3 aromatic carbocycles. The van der Waals surface area contributed by atoms with Crippen molar-refractivity contribution in [3.63, 3.8) is 0 Å². The van der Waals surface area contributed by atoms with Gasteiger partial charge in [-0.05, 0) is 55.5 Å². The van der Waals surface area contributed by atoms with Crippen LogP contribution in [0.4, 0.5) is 0 Å². The zero-order valence-electron chi connectivity index (χ0n) is 17.1. The highest BCUT2D eigenvalue weighted by Gasteiger charge is 2.24. The topological polar surface area (TPSA) is 62.5 Å². The molecular weight excluding hydrogens is 544 g/mol. The molecule has 0 amide bonds. The first-order valence-corrected chi connectivity index (χ1v) is 12.8. The molecule has 0 radical (unpaired) electrons. The minimum atomic E-state index is -3.67. The van der Waals surface area contributed by atoms with Crippen molar-refractivity contribution in [1.29, 1.82) is 0 Å². The third-order valence-electron chi connectivity index (χ3n) is 5.38. The number of likely N-dealkylation sites (N-methyl/N-ethyl adjacent to an activating group) is 1. The number of aliphatic hydroxyl groups is 1. The van der Waals surface area contributed by atoms with E-state index in [0.29, 0.717) is 0 Å². The Morgan fingerprint density at radius 3 is 1.97 bits per heavy atom. The number of aryl methyl sites for hydroxylation is 1. The quantitative estimate of drug-likeness (QED) is 0.344. The van der Waals surface area contributed by atoms with Gasteiger partial charge in [-0.3, -0.25) is 0 Å². The van der Waals surface area contributed by atoms with Crippen LogP contribution in [0.2, 0.25) is 0 Å². The van der Waals surface area contributed by atoms with Crippen molar-refractivity contribution in [2.24, 2.45) is 0 Å². The second kappa shape index (κ2) is 8.67. The summed E-state index contributed by atoms with van der Waals surface area (Å²) in [6.07, 6.45) is -0.878. The van der Waals surface area contributed by atoms with Gasteiger partial charge in [0.15, 0.2) is 0 Å². The SMILES string of the molecule is Cc1ccc(S(=O)(=O)N(C)CC(O)Cn2c3ccc(Br)cc3c3cc(Br)ccc32)cc1. The fourth-order valence-corrected chi connectivity index (χ4v) is 5.73. The second-order valence-corrected chi connectivity index (χ2v) is 11.6. The minimum Gasteiger partial charge on any atom is -0.390 e. The van der Waals surface area contributed by atoms with E-state index in [1.165, 1.54) is 11.4 Å². The second-order valence-electron chi connectivity index (χ2n) is 7.69. The summed E-state index contributed by atoms with van der Waals surface area (Å²) in [6.45, 7) is 2.17. The van der Waals surface area contributed by atoms with Crippen molar-refractivity contribution < 1.29 is 13.5 Å². The molecule has 0 bridgehead atoms. The van der Waals surface area contributed by atoms with Crippen molar-refractivity contribution in [3.8, 4) is 0 Å². The van der Waals surface area contributed by atoms with E-state index in [-0.39, 0.29) is 18.0 Å². The molecular formula is C23H22Br2N2O3S. The predicted molar refractivity (Wildman–Crippen MR) is 132 cm³/mol. The Kier molecular flexibility index (Phi) is 6.29. The van der Waals surface area contributed by atoms with Crippen LogP contribution in [0, 0.1) is 6.92 Å². The van der Waals surface area contributed by atoms with E-state index in [9.17, 15) is 13.5 Å². The van der Waals surface area contributed by atoms with E-state index in [4.69, 9.17) is 0 Å². The third kappa shape index (κ3) is 4.45. The molecule has 4 aromatic rings. The summed E-state index contributed by atoms with van der Waals surface area (Å²) in [6, 6.07) is 18.8. The molecule has 4 rings (SSSR count). The van der Waals surface area contributed by atoms with Gasteiger partial charge in [-0.25, -0.2) is 8.42 Å². The largest absolute Gasteiger partial charge is 0.390 e. The Labute approximate surface area is 198 Å². The smallest absolute Gasteiger partial charge is 0.242 e. The lowest BCUT2D eigenvalue weighted by atomic mass is 10.2. The van der Waals surface area contributed by atoms with Crippen LogP contribution in [0.5, 0.6) is 0 Å². The third-order valence-corrected chi connectivity index (χ3v) is 8.20. The molecule has 31 heavy (non-hydrogen) atoms. The maximum absolute atomic E-state index is 12.9. The van der Waals surface area contributed by atoms with Crippen molar-refractivity contribution in [1.82, 2.24) is 8.87 Å². The van der Waals surface area contributed by atoms with Crippen LogP contribution >= 0.6 is 31.9 Å². The molecule has 162 valence electrons. The lowest BCUT2D eigenvalue weighted by Crippen LogP contribution is -2.36. The van der Waals surface area contributed by atoms with E-state index in [0.717, 1.165) is 36.3 Å². The van der Waals surface area contributed by atoms with Gasteiger partial charge >= 0.3 is 0 Å². The van der Waals surface area contributed by atoms with Crippen LogP contribution < -0.4 is 0 Å². The normalized spacial score (nSPS) is 13.4. The van der Waals surface area contributed by atoms with Gasteiger partial charge in [0.1, 0.15) is 0 Å². The monoisotopic (exact) mass is 564 g/mol. The number of halogens is 2. The highest BCUT2D eigenvalue weighted by Crippen LogP contribution is 2.33. The van der Waals surface area contributed by atoms with Crippen molar-refractivity contribution in [3.05, 3.63) is 75.2 Å². The summed E-state index contributed by atoms with van der Waals surface area (Å²) in [5, 5.41) is 13.0. The molecule has 0 aliphatic rings. The zero-order valence-corrected chi connectivity index (χ0v) is 21.1. The minimum absolute atomic E-state index is 0.00949. The number of fused-ring (bicyclic) bond motifs is 3. The molecule has 0 saturated heterocycles. The van der Waals surface area contributed by atoms with Gasteiger partial charge in [-0.1, -0.05) is 49.6 Å². The molecule has 1 N–H and O–H groups in total. The van der Waals surface area contributed by atoms with Crippen LogP contribution in [-0.2, 0) is 16.6 Å². The molecule has 0 aliphatic carbocycles. The number of aromatic nitrogens is 1. The number of nitrogens with zero attached hydrogens (tertiary/aromatic N) is 2. The van der Waals surface area contributed by atoms with Crippen molar-refractivity contribution in [2.45, 2.75) is 24.5 Å². The van der Waals surface area contributed by atoms with E-state index in [1.807, 2.05) is 35.8 Å². The van der Waals surface area contributed by atoms with E-state index >= 15 is 0 Å². The Bertz CT molecular complexity index is 1310. The lowest BCUT2D eigenvalue weighted by molar-refractivity contribution is 0.136. The molecule has 0 fully saturated rings. The summed E-state index contributed by atoms with van der Waals surface area (Å²) < 4.78 is 31.0. The Morgan fingerprint density at radius 1 is 0.935 bits per heavy atom. The maximum Gasteiger partial charge on any atom is 0.242 e. The first-order chi connectivity index (χ1) is 14.7. The van der Waals surface area contributed by atoms with Crippen molar-refractivity contribution in [2.75, 3.05) is 13.6 Å². The van der Waals surface area contributed by atoms with Gasteiger partial charge in [-0.15, -0.1) is 0 Å². The van der Waals surface area contributed by atoms with Gasteiger partial charge in [0.2, 0.25) is 10.0 Å². The first-order valence-electron chi connectivity index (χ1n) is 9.75. The number of sulfonamides is 1. The number of benzene rings is 3. The standard InChI is InChI=1S/C23H22Br2N2O3S/c1-15-3-7-19(8-4-15)31(29,30)26(2)13-18(28)14-27-22-9-5-16(24)11-20(22)21-12-17(25)6-10-23(21)27/h3-12,18,28H,13-14H2,1-2H3. The summed E-state index contributed by atoms with van der Waals surface area (Å²) in [7, 11) is -2.18. The highest BCUT2D eigenvalue weighted by atomic mass is 79.9. The fraction of sp³-hybridized carbons (Fsp3) is 0.217. The molecule has 5 nitrogen and oxygen atoms in total. The van der Waals surface area contributed by atoms with Gasteiger partial charge in [0.25, 0.3) is 0 Å². The summed E-state index contributed by atoms with van der Waals surface area (Å²) >= 11 is 7.07. The van der Waals surface area contributed by atoms with Crippen LogP contribution in [0.25, 0.3) is 21.8 Å². The number of aliphatic hydroxyl groups excluding tert-OH is 1. The number of hydrogen-bond acceptors (Lipinski definition) is 3. The van der Waals surface area contributed by atoms with E-state index in [1.54, 1.807) is 24.3 Å².